The minimum atomic E-state index is -1.53. The first-order valence-corrected chi connectivity index (χ1v) is 12.3. The zero-order valence-corrected chi connectivity index (χ0v) is 21.6. The Morgan fingerprint density at radius 1 is 1.00 bits per heavy atom. The first-order valence-electron chi connectivity index (χ1n) is 11.2. The van der Waals surface area contributed by atoms with Crippen molar-refractivity contribution in [3.63, 3.8) is 0 Å². The van der Waals surface area contributed by atoms with Crippen LogP contribution >= 0.6 is 22.6 Å². The van der Waals surface area contributed by atoms with Crippen LogP contribution in [0.15, 0.2) is 60.8 Å². The molecule has 0 radical (unpaired) electrons. The summed E-state index contributed by atoms with van der Waals surface area (Å²) in [6.07, 6.45) is 1.86. The van der Waals surface area contributed by atoms with Gasteiger partial charge in [0.25, 0.3) is 0 Å². The minimum absolute atomic E-state index is 0.0519. The summed E-state index contributed by atoms with van der Waals surface area (Å²) < 4.78 is 51.1. The zero-order valence-electron chi connectivity index (χ0n) is 19.4. The number of benzene rings is 3. The Bertz CT molecular complexity index is 1570. The highest BCUT2D eigenvalue weighted by Crippen LogP contribution is 2.49. The van der Waals surface area contributed by atoms with Crippen molar-refractivity contribution < 1.29 is 27.5 Å². The van der Waals surface area contributed by atoms with E-state index in [1.807, 2.05) is 19.1 Å². The third-order valence-electron chi connectivity index (χ3n) is 6.36. The van der Waals surface area contributed by atoms with Crippen molar-refractivity contribution in [2.75, 3.05) is 4.90 Å². The van der Waals surface area contributed by atoms with Gasteiger partial charge in [0.15, 0.2) is 17.4 Å². The largest absolute Gasteiger partial charge is 0.453 e. The number of ether oxygens (including phenoxy) is 1. The highest BCUT2D eigenvalue weighted by Gasteiger charge is 2.57. The molecule has 0 aliphatic heterocycles. The van der Waals surface area contributed by atoms with Crippen molar-refractivity contribution in [3.8, 4) is 11.5 Å². The number of carbonyl (C=O) groups is 2. The van der Waals surface area contributed by atoms with Gasteiger partial charge in [0.05, 0.1) is 11.2 Å². The van der Waals surface area contributed by atoms with Gasteiger partial charge in [-0.1, -0.05) is 0 Å². The van der Waals surface area contributed by atoms with E-state index in [9.17, 15) is 14.0 Å². The summed E-state index contributed by atoms with van der Waals surface area (Å²) in [6, 6.07) is 11.5. The normalized spacial score (nSPS) is 13.9. The monoisotopic (exact) mass is 617 g/mol. The number of rotatable bonds is 6. The van der Waals surface area contributed by atoms with Crippen LogP contribution in [0.1, 0.15) is 18.4 Å². The van der Waals surface area contributed by atoms with E-state index in [1.165, 1.54) is 24.4 Å². The molecule has 1 aromatic heterocycles. The maximum Gasteiger partial charge on any atom is 0.247 e. The van der Waals surface area contributed by atoms with Crippen molar-refractivity contribution in [1.82, 2.24) is 4.98 Å². The number of anilines is 2. The quantitative estimate of drug-likeness (QED) is 0.204. The Morgan fingerprint density at radius 2 is 1.70 bits per heavy atom. The van der Waals surface area contributed by atoms with E-state index in [4.69, 9.17) is 10.5 Å². The molecular weight excluding hydrogens is 598 g/mol. The van der Waals surface area contributed by atoms with Crippen LogP contribution in [-0.4, -0.2) is 16.8 Å². The van der Waals surface area contributed by atoms with E-state index in [1.54, 1.807) is 0 Å². The molecule has 5 rings (SSSR count). The molecule has 0 saturated heterocycles. The molecule has 37 heavy (non-hydrogen) atoms. The Hall–Kier alpha value is -3.67. The maximum atomic E-state index is 15.5. The SMILES string of the molecule is Cc1cc2c(Oc3cc(F)c(N(C(=O)C4(C(N)=O)CC4)c4ccc(F)cc4)cc3F)ccnc2cc1I. The maximum absolute atomic E-state index is 15.5. The molecule has 1 heterocycles. The van der Waals surface area contributed by atoms with Crippen LogP contribution in [0.25, 0.3) is 10.9 Å². The van der Waals surface area contributed by atoms with Gasteiger partial charge in [-0.25, -0.2) is 13.2 Å². The summed E-state index contributed by atoms with van der Waals surface area (Å²) in [5, 5.41) is 0.615. The fourth-order valence-corrected chi connectivity index (χ4v) is 4.54. The van der Waals surface area contributed by atoms with Crippen molar-refractivity contribution in [2.45, 2.75) is 19.8 Å². The highest BCUT2D eigenvalue weighted by atomic mass is 127. The predicted molar refractivity (Wildman–Crippen MR) is 140 cm³/mol. The van der Waals surface area contributed by atoms with E-state index >= 15 is 8.78 Å². The lowest BCUT2D eigenvalue weighted by Crippen LogP contribution is -2.41. The van der Waals surface area contributed by atoms with Gasteiger partial charge in [0.1, 0.15) is 17.0 Å². The lowest BCUT2D eigenvalue weighted by Gasteiger charge is -2.27. The lowest BCUT2D eigenvalue weighted by molar-refractivity contribution is -0.133. The third kappa shape index (κ3) is 4.50. The number of amides is 2. The second-order valence-corrected chi connectivity index (χ2v) is 9.99. The van der Waals surface area contributed by atoms with E-state index < -0.39 is 46.1 Å². The summed E-state index contributed by atoms with van der Waals surface area (Å²) in [5.74, 6) is -4.34. The average Bonchev–Trinajstić information content (AvgIpc) is 3.67. The molecule has 1 aliphatic rings. The average molecular weight is 617 g/mol. The van der Waals surface area contributed by atoms with Crippen LogP contribution in [-0.2, 0) is 9.59 Å². The van der Waals surface area contributed by atoms with Gasteiger partial charge < -0.3 is 10.5 Å². The Balaban J connectivity index is 1.57. The summed E-state index contributed by atoms with van der Waals surface area (Å²) in [4.78, 5) is 30.6. The summed E-state index contributed by atoms with van der Waals surface area (Å²) in [7, 11) is 0. The molecule has 1 aliphatic carbocycles. The minimum Gasteiger partial charge on any atom is -0.453 e. The Morgan fingerprint density at radius 3 is 2.35 bits per heavy atom. The second-order valence-electron chi connectivity index (χ2n) is 8.83. The number of carbonyl (C=O) groups excluding carboxylic acids is 2. The van der Waals surface area contributed by atoms with E-state index in [-0.39, 0.29) is 24.3 Å². The van der Waals surface area contributed by atoms with Crippen LogP contribution < -0.4 is 15.4 Å². The highest BCUT2D eigenvalue weighted by molar-refractivity contribution is 14.1. The first-order chi connectivity index (χ1) is 17.6. The predicted octanol–water partition coefficient (Wildman–Crippen LogP) is 6.29. The van der Waals surface area contributed by atoms with Gasteiger partial charge in [-0.3, -0.25) is 19.5 Å². The van der Waals surface area contributed by atoms with Crippen molar-refractivity contribution in [1.29, 1.82) is 0 Å². The molecule has 0 spiro atoms. The fraction of sp³-hybridized carbons (Fsp3) is 0.148. The number of aromatic nitrogens is 1. The van der Waals surface area contributed by atoms with Gasteiger partial charge in [0.2, 0.25) is 11.8 Å². The van der Waals surface area contributed by atoms with Crippen molar-refractivity contribution >= 4 is 56.7 Å². The fourth-order valence-electron chi connectivity index (χ4n) is 4.09. The molecule has 0 atom stereocenters. The topological polar surface area (TPSA) is 85.5 Å². The van der Waals surface area contributed by atoms with Crippen LogP contribution in [0, 0.1) is 33.4 Å². The number of hydrogen-bond donors (Lipinski definition) is 1. The lowest BCUT2D eigenvalue weighted by atomic mass is 10.0. The molecule has 188 valence electrons. The molecule has 4 aromatic rings. The Kier molecular flexibility index (Phi) is 6.30. The molecular formula is C27H19F3IN3O3. The summed E-state index contributed by atoms with van der Waals surface area (Å²) in [5.41, 5.74) is 5.11. The molecule has 1 fully saturated rings. The smallest absolute Gasteiger partial charge is 0.247 e. The molecule has 3 aromatic carbocycles. The molecule has 6 nitrogen and oxygen atoms in total. The number of primary amides is 1. The second kappa shape index (κ2) is 9.33. The number of aryl methyl sites for hydroxylation is 1. The van der Waals surface area contributed by atoms with Crippen molar-refractivity contribution in [3.05, 3.63) is 87.4 Å². The zero-order chi connectivity index (χ0) is 26.5. The van der Waals surface area contributed by atoms with Gasteiger partial charge in [0, 0.05) is 33.0 Å². The number of fused-ring (bicyclic) bond motifs is 1. The number of halogens is 4. The van der Waals surface area contributed by atoms with Crippen LogP contribution in [0.2, 0.25) is 0 Å². The van der Waals surface area contributed by atoms with E-state index in [0.29, 0.717) is 10.9 Å². The van der Waals surface area contributed by atoms with Crippen LogP contribution in [0.4, 0.5) is 24.5 Å². The molecule has 2 N–H and O–H groups in total. The van der Waals surface area contributed by atoms with Crippen LogP contribution in [0.5, 0.6) is 11.5 Å². The van der Waals surface area contributed by atoms with Gasteiger partial charge in [-0.15, -0.1) is 0 Å². The summed E-state index contributed by atoms with van der Waals surface area (Å²) >= 11 is 2.18. The number of nitrogens with zero attached hydrogens (tertiary/aromatic N) is 2. The van der Waals surface area contributed by atoms with Crippen LogP contribution in [0.3, 0.4) is 0 Å². The third-order valence-corrected chi connectivity index (χ3v) is 7.53. The molecule has 2 amide bonds. The number of hydrogen-bond acceptors (Lipinski definition) is 4. The molecule has 1 saturated carbocycles. The van der Waals surface area contributed by atoms with Crippen molar-refractivity contribution in [2.24, 2.45) is 11.1 Å². The van der Waals surface area contributed by atoms with E-state index in [0.717, 1.165) is 38.3 Å². The number of nitrogens with two attached hydrogens (primary N) is 1. The molecule has 0 unspecified atom stereocenters. The first kappa shape index (κ1) is 25.0. The van der Waals surface area contributed by atoms with Gasteiger partial charge in [-0.2, -0.15) is 0 Å². The standard InChI is InChI=1S/C27H19F3IN3O3/c1-14-10-17-21(13-20(14)31)33-9-6-23(17)37-24-12-18(29)22(11-19(24)30)34(16-4-2-15(28)3-5-16)26(36)27(7-8-27)25(32)35/h2-6,9-13H,7-8H2,1H3,(H2,32,35). The summed E-state index contributed by atoms with van der Waals surface area (Å²) in [6.45, 7) is 1.91. The Labute approximate surface area is 223 Å². The van der Waals surface area contributed by atoms with E-state index in [2.05, 4.69) is 27.6 Å². The van der Waals surface area contributed by atoms with Gasteiger partial charge >= 0.3 is 0 Å². The molecule has 10 heteroatoms. The molecule has 0 bridgehead atoms. The van der Waals surface area contributed by atoms with Gasteiger partial charge in [-0.05, 0) is 90.4 Å². The number of pyridine rings is 1.